The zero-order valence-electron chi connectivity index (χ0n) is 10.3. The van der Waals surface area contributed by atoms with Gasteiger partial charge in [0.15, 0.2) is 5.82 Å². The van der Waals surface area contributed by atoms with Crippen molar-refractivity contribution in [3.8, 4) is 11.4 Å². The zero-order valence-corrected chi connectivity index (χ0v) is 11.1. The first-order valence-electron chi connectivity index (χ1n) is 6.24. The van der Waals surface area contributed by atoms with Crippen molar-refractivity contribution in [2.45, 2.75) is 12.3 Å². The minimum absolute atomic E-state index is 0.0304. The molecular weight excluding hydrogens is 276 g/mol. The first kappa shape index (κ1) is 11.5. The van der Waals surface area contributed by atoms with Crippen molar-refractivity contribution in [2.75, 3.05) is 0 Å². The Balaban J connectivity index is 1.75. The molecule has 1 aromatic carbocycles. The van der Waals surface area contributed by atoms with Gasteiger partial charge >= 0.3 is 5.97 Å². The Kier molecular flexibility index (Phi) is 2.37. The van der Waals surface area contributed by atoms with Crippen LogP contribution in [0.2, 0.25) is 0 Å². The van der Waals surface area contributed by atoms with E-state index in [-0.39, 0.29) is 11.8 Å². The maximum absolute atomic E-state index is 10.9. The van der Waals surface area contributed by atoms with E-state index in [1.807, 2.05) is 30.3 Å². The van der Waals surface area contributed by atoms with Crippen molar-refractivity contribution in [3.63, 3.8) is 0 Å². The fourth-order valence-corrected chi connectivity index (χ4v) is 3.31. The molecule has 3 aromatic rings. The largest absolute Gasteiger partial charge is 0.481 e. The summed E-state index contributed by atoms with van der Waals surface area (Å²) in [6.45, 7) is 0. The molecule has 2 aromatic heterocycles. The van der Waals surface area contributed by atoms with Gasteiger partial charge in [-0.25, -0.2) is 0 Å². The van der Waals surface area contributed by atoms with E-state index in [9.17, 15) is 4.79 Å². The topological polar surface area (TPSA) is 80.4 Å². The van der Waals surface area contributed by atoms with Crippen LogP contribution in [0.3, 0.4) is 0 Å². The molecule has 0 radical (unpaired) electrons. The van der Waals surface area contributed by atoms with Gasteiger partial charge in [0, 0.05) is 11.5 Å². The zero-order chi connectivity index (χ0) is 13.7. The average Bonchev–Trinajstić information content (AvgIpc) is 3.01. The molecule has 0 spiro atoms. The number of aromatic nitrogens is 4. The number of nitrogens with zero attached hydrogens (tertiary/aromatic N) is 4. The number of benzene rings is 1. The quantitative estimate of drug-likeness (QED) is 0.797. The lowest BCUT2D eigenvalue weighted by molar-refractivity contribution is -0.138. The second-order valence-corrected chi connectivity index (χ2v) is 5.80. The van der Waals surface area contributed by atoms with Gasteiger partial charge in [-0.1, -0.05) is 41.7 Å². The maximum atomic E-state index is 10.9. The molecule has 2 atom stereocenters. The van der Waals surface area contributed by atoms with Gasteiger partial charge in [-0.15, -0.1) is 10.2 Å². The van der Waals surface area contributed by atoms with E-state index in [1.54, 1.807) is 4.52 Å². The van der Waals surface area contributed by atoms with Crippen LogP contribution < -0.4 is 0 Å². The third-order valence-electron chi connectivity index (χ3n) is 3.46. The third-order valence-corrected chi connectivity index (χ3v) is 4.49. The van der Waals surface area contributed by atoms with E-state index < -0.39 is 5.97 Å². The Morgan fingerprint density at radius 1 is 1.30 bits per heavy atom. The number of carboxylic acid groups (broad SMARTS) is 1. The molecule has 6 nitrogen and oxygen atoms in total. The first-order valence-corrected chi connectivity index (χ1v) is 7.06. The molecule has 100 valence electrons. The van der Waals surface area contributed by atoms with E-state index >= 15 is 0 Å². The molecule has 20 heavy (non-hydrogen) atoms. The highest BCUT2D eigenvalue weighted by atomic mass is 32.1. The Morgan fingerprint density at radius 2 is 2.10 bits per heavy atom. The molecule has 0 aliphatic heterocycles. The lowest BCUT2D eigenvalue weighted by Crippen LogP contribution is -1.99. The Bertz CT molecular complexity index is 795. The lowest BCUT2D eigenvalue weighted by Gasteiger charge is -1.95. The summed E-state index contributed by atoms with van der Waals surface area (Å²) in [5.74, 6) is -0.318. The molecule has 0 bridgehead atoms. The Morgan fingerprint density at radius 3 is 2.80 bits per heavy atom. The van der Waals surface area contributed by atoms with Gasteiger partial charge in [-0.05, 0) is 6.42 Å². The Hall–Kier alpha value is -2.28. The monoisotopic (exact) mass is 286 g/mol. The van der Waals surface area contributed by atoms with E-state index in [2.05, 4.69) is 15.3 Å². The maximum Gasteiger partial charge on any atom is 0.307 e. The predicted molar refractivity (Wildman–Crippen MR) is 72.6 cm³/mol. The summed E-state index contributed by atoms with van der Waals surface area (Å²) in [6.07, 6.45) is 0.667. The van der Waals surface area contributed by atoms with Gasteiger partial charge in [-0.2, -0.15) is 9.61 Å². The highest BCUT2D eigenvalue weighted by Gasteiger charge is 2.46. The van der Waals surface area contributed by atoms with E-state index in [0.717, 1.165) is 10.6 Å². The van der Waals surface area contributed by atoms with Crippen molar-refractivity contribution in [1.82, 2.24) is 19.8 Å². The number of carboxylic acids is 1. The van der Waals surface area contributed by atoms with Crippen LogP contribution >= 0.6 is 11.3 Å². The summed E-state index contributed by atoms with van der Waals surface area (Å²) in [6, 6.07) is 9.71. The second kappa shape index (κ2) is 4.11. The van der Waals surface area contributed by atoms with Crippen LogP contribution in [0.25, 0.3) is 16.3 Å². The van der Waals surface area contributed by atoms with Gasteiger partial charge in [0.25, 0.3) is 0 Å². The molecular formula is C13H10N4O2S. The summed E-state index contributed by atoms with van der Waals surface area (Å²) in [5.41, 5.74) is 0.947. The SMILES string of the molecule is O=C(O)C1CC1c1nn2c(-c3ccccc3)nnc2s1. The van der Waals surface area contributed by atoms with Crippen LogP contribution in [0.15, 0.2) is 30.3 Å². The van der Waals surface area contributed by atoms with Crippen LogP contribution in [0.1, 0.15) is 17.3 Å². The summed E-state index contributed by atoms with van der Waals surface area (Å²) < 4.78 is 1.70. The standard InChI is InChI=1S/C13H10N4O2S/c18-12(19)9-6-8(9)11-16-17-10(14-15-13(17)20-11)7-4-2-1-3-5-7/h1-5,8-9H,6H2,(H,18,19). The Labute approximate surface area is 117 Å². The number of hydrogen-bond acceptors (Lipinski definition) is 5. The van der Waals surface area contributed by atoms with Gasteiger partial charge in [0.2, 0.25) is 4.96 Å². The molecule has 4 rings (SSSR count). The highest BCUT2D eigenvalue weighted by Crippen LogP contribution is 2.48. The van der Waals surface area contributed by atoms with Crippen molar-refractivity contribution in [3.05, 3.63) is 35.3 Å². The number of fused-ring (bicyclic) bond motifs is 1. The fourth-order valence-electron chi connectivity index (χ4n) is 2.29. The van der Waals surface area contributed by atoms with Crippen molar-refractivity contribution in [2.24, 2.45) is 5.92 Å². The molecule has 0 saturated heterocycles. The minimum Gasteiger partial charge on any atom is -0.481 e. The van der Waals surface area contributed by atoms with Crippen LogP contribution in [-0.4, -0.2) is 30.9 Å². The van der Waals surface area contributed by atoms with Gasteiger partial charge in [0.1, 0.15) is 5.01 Å². The molecule has 7 heteroatoms. The summed E-state index contributed by atoms with van der Waals surface area (Å²) in [4.78, 5) is 11.6. The molecule has 1 saturated carbocycles. The van der Waals surface area contributed by atoms with Gasteiger partial charge in [0.05, 0.1) is 5.92 Å². The van der Waals surface area contributed by atoms with Crippen molar-refractivity contribution in [1.29, 1.82) is 0 Å². The lowest BCUT2D eigenvalue weighted by atomic mass is 10.2. The van der Waals surface area contributed by atoms with E-state index in [4.69, 9.17) is 5.11 Å². The smallest absolute Gasteiger partial charge is 0.307 e. The highest BCUT2D eigenvalue weighted by molar-refractivity contribution is 7.16. The van der Waals surface area contributed by atoms with Gasteiger partial charge in [-0.3, -0.25) is 4.79 Å². The predicted octanol–water partition coefficient (Wildman–Crippen LogP) is 2.04. The van der Waals surface area contributed by atoms with Crippen molar-refractivity contribution < 1.29 is 9.90 Å². The van der Waals surface area contributed by atoms with Crippen LogP contribution in [0.5, 0.6) is 0 Å². The molecule has 1 fully saturated rings. The number of rotatable bonds is 3. The third kappa shape index (κ3) is 1.70. The molecule has 0 amide bonds. The first-order chi connectivity index (χ1) is 9.74. The minimum atomic E-state index is -0.746. The molecule has 2 heterocycles. The molecule has 1 N–H and O–H groups in total. The summed E-state index contributed by atoms with van der Waals surface area (Å²) in [7, 11) is 0. The summed E-state index contributed by atoms with van der Waals surface area (Å²) >= 11 is 1.42. The van der Waals surface area contributed by atoms with E-state index in [0.29, 0.717) is 17.2 Å². The van der Waals surface area contributed by atoms with Crippen LogP contribution in [0, 0.1) is 5.92 Å². The van der Waals surface area contributed by atoms with E-state index in [1.165, 1.54) is 11.3 Å². The molecule has 1 aliphatic carbocycles. The fraction of sp³-hybridized carbons (Fsp3) is 0.231. The normalized spacial score (nSPS) is 21.2. The average molecular weight is 286 g/mol. The van der Waals surface area contributed by atoms with Gasteiger partial charge < -0.3 is 5.11 Å². The van der Waals surface area contributed by atoms with Crippen LogP contribution in [0.4, 0.5) is 0 Å². The number of carbonyl (C=O) groups is 1. The summed E-state index contributed by atoms with van der Waals surface area (Å²) in [5, 5.41) is 22.6. The van der Waals surface area contributed by atoms with Crippen molar-refractivity contribution >= 4 is 22.3 Å². The molecule has 1 aliphatic rings. The van der Waals surface area contributed by atoms with Crippen LogP contribution in [-0.2, 0) is 4.79 Å². The second-order valence-electron chi connectivity index (χ2n) is 4.81. The number of hydrogen-bond donors (Lipinski definition) is 1. The molecule has 2 unspecified atom stereocenters. The number of aliphatic carboxylic acids is 1.